The minimum absolute atomic E-state index is 0. The zero-order chi connectivity index (χ0) is 18.9. The van der Waals surface area contributed by atoms with E-state index in [2.05, 4.69) is 41.0 Å². The SMILES string of the molecule is CCN=C(NC1C2CCCOC2C1(C)C)N1CCN(Cc2ccon2)CC1.I. The molecular formula is C20H34IN5O2. The third-order valence-corrected chi connectivity index (χ3v) is 6.47. The van der Waals surface area contributed by atoms with Crippen LogP contribution in [-0.2, 0) is 11.3 Å². The van der Waals surface area contributed by atoms with Crippen LogP contribution in [0.4, 0.5) is 0 Å². The molecule has 1 N–H and O–H groups in total. The number of piperazine rings is 1. The molecule has 0 radical (unpaired) electrons. The number of hydrogen-bond acceptors (Lipinski definition) is 5. The van der Waals surface area contributed by atoms with Gasteiger partial charge in [0.25, 0.3) is 0 Å². The van der Waals surface area contributed by atoms with E-state index in [0.717, 1.165) is 57.5 Å². The van der Waals surface area contributed by atoms with E-state index in [0.29, 0.717) is 18.1 Å². The summed E-state index contributed by atoms with van der Waals surface area (Å²) in [5.41, 5.74) is 1.16. The van der Waals surface area contributed by atoms with Gasteiger partial charge in [0.15, 0.2) is 5.96 Å². The minimum atomic E-state index is 0. The fraction of sp³-hybridized carbons (Fsp3) is 0.800. The standard InChI is InChI=1S/C20H33N5O2.HI/c1-4-21-19(22-17-16-6-5-12-26-18(16)20(17,2)3)25-10-8-24(9-11-25)14-15-7-13-27-23-15;/h7,13,16-18H,4-6,8-12,14H2,1-3H3,(H,21,22);1H. The van der Waals surface area contributed by atoms with Crippen molar-refractivity contribution in [3.63, 3.8) is 0 Å². The van der Waals surface area contributed by atoms with Gasteiger partial charge < -0.3 is 19.5 Å². The van der Waals surface area contributed by atoms with Gasteiger partial charge in [0, 0.05) is 69.3 Å². The molecule has 3 heterocycles. The van der Waals surface area contributed by atoms with Crippen molar-refractivity contribution in [1.29, 1.82) is 0 Å². The van der Waals surface area contributed by atoms with E-state index < -0.39 is 0 Å². The third-order valence-electron chi connectivity index (χ3n) is 6.47. The van der Waals surface area contributed by atoms with Crippen LogP contribution in [0.2, 0.25) is 0 Å². The average Bonchev–Trinajstić information content (AvgIpc) is 3.19. The first kappa shape index (κ1) is 21.8. The van der Waals surface area contributed by atoms with Gasteiger partial charge in [0.1, 0.15) is 6.26 Å². The average molecular weight is 503 g/mol. The molecule has 0 aromatic carbocycles. The van der Waals surface area contributed by atoms with Crippen molar-refractivity contribution in [1.82, 2.24) is 20.3 Å². The van der Waals surface area contributed by atoms with Gasteiger partial charge in [-0.05, 0) is 19.8 Å². The number of aromatic nitrogens is 1. The van der Waals surface area contributed by atoms with Crippen LogP contribution in [0.15, 0.2) is 21.8 Å². The van der Waals surface area contributed by atoms with Crippen LogP contribution in [0.3, 0.4) is 0 Å². The zero-order valence-electron chi connectivity index (χ0n) is 17.3. The first-order valence-corrected chi connectivity index (χ1v) is 10.4. The molecule has 3 unspecified atom stereocenters. The van der Waals surface area contributed by atoms with Crippen molar-refractivity contribution in [2.75, 3.05) is 39.3 Å². The molecule has 0 amide bonds. The Hall–Kier alpha value is -0.870. The lowest BCUT2D eigenvalue weighted by Crippen LogP contribution is -2.71. The molecule has 2 saturated heterocycles. The summed E-state index contributed by atoms with van der Waals surface area (Å²) in [6.07, 6.45) is 4.47. The highest BCUT2D eigenvalue weighted by Gasteiger charge is 2.58. The summed E-state index contributed by atoms with van der Waals surface area (Å²) >= 11 is 0. The summed E-state index contributed by atoms with van der Waals surface area (Å²) < 4.78 is 11.0. The number of fused-ring (bicyclic) bond motifs is 1. The van der Waals surface area contributed by atoms with Crippen LogP contribution < -0.4 is 5.32 Å². The van der Waals surface area contributed by atoms with E-state index >= 15 is 0 Å². The van der Waals surface area contributed by atoms with Crippen LogP contribution in [-0.4, -0.2) is 72.4 Å². The Morgan fingerprint density at radius 3 is 2.79 bits per heavy atom. The Labute approximate surface area is 185 Å². The Morgan fingerprint density at radius 2 is 2.11 bits per heavy atom. The molecule has 3 fully saturated rings. The van der Waals surface area contributed by atoms with Crippen molar-refractivity contribution in [2.45, 2.75) is 52.3 Å². The van der Waals surface area contributed by atoms with Crippen molar-refractivity contribution in [2.24, 2.45) is 16.3 Å². The molecule has 4 rings (SSSR count). The lowest BCUT2D eigenvalue weighted by atomic mass is 9.55. The van der Waals surface area contributed by atoms with Gasteiger partial charge in [-0.2, -0.15) is 0 Å². The van der Waals surface area contributed by atoms with Crippen LogP contribution in [0.5, 0.6) is 0 Å². The van der Waals surface area contributed by atoms with E-state index in [1.807, 2.05) is 6.07 Å². The molecule has 0 bridgehead atoms. The summed E-state index contributed by atoms with van der Waals surface area (Å²) in [4.78, 5) is 9.66. The van der Waals surface area contributed by atoms with Gasteiger partial charge in [-0.3, -0.25) is 9.89 Å². The van der Waals surface area contributed by atoms with Crippen molar-refractivity contribution in [3.8, 4) is 0 Å². The summed E-state index contributed by atoms with van der Waals surface area (Å²) in [6, 6.07) is 2.39. The summed E-state index contributed by atoms with van der Waals surface area (Å²) in [6.45, 7) is 13.4. The number of nitrogens with one attached hydrogen (secondary N) is 1. The van der Waals surface area contributed by atoms with Crippen molar-refractivity contribution < 1.29 is 9.26 Å². The molecule has 1 aromatic rings. The van der Waals surface area contributed by atoms with Crippen LogP contribution in [0.1, 0.15) is 39.3 Å². The van der Waals surface area contributed by atoms with Crippen LogP contribution >= 0.6 is 24.0 Å². The Bertz CT molecular complexity index is 643. The number of ether oxygens (including phenoxy) is 1. The molecule has 28 heavy (non-hydrogen) atoms. The maximum Gasteiger partial charge on any atom is 0.194 e. The minimum Gasteiger partial charge on any atom is -0.377 e. The normalized spacial score (nSPS) is 30.2. The molecule has 2 aliphatic heterocycles. The molecule has 0 spiro atoms. The molecule has 3 atom stereocenters. The second kappa shape index (κ2) is 9.30. The maximum absolute atomic E-state index is 6.06. The van der Waals surface area contributed by atoms with Crippen molar-refractivity contribution >= 4 is 29.9 Å². The number of rotatable bonds is 4. The van der Waals surface area contributed by atoms with Crippen LogP contribution in [0.25, 0.3) is 0 Å². The number of aliphatic imine (C=N–C) groups is 1. The molecule has 1 aliphatic carbocycles. The first-order valence-electron chi connectivity index (χ1n) is 10.4. The Kier molecular flexibility index (Phi) is 7.25. The maximum atomic E-state index is 6.06. The van der Waals surface area contributed by atoms with E-state index in [-0.39, 0.29) is 29.4 Å². The van der Waals surface area contributed by atoms with Gasteiger partial charge in [0.05, 0.1) is 11.8 Å². The van der Waals surface area contributed by atoms with Gasteiger partial charge in [-0.25, -0.2) is 0 Å². The second-order valence-corrected chi connectivity index (χ2v) is 8.59. The summed E-state index contributed by atoms with van der Waals surface area (Å²) in [7, 11) is 0. The Morgan fingerprint density at radius 1 is 1.32 bits per heavy atom. The number of guanidine groups is 1. The molecule has 1 aromatic heterocycles. The fourth-order valence-corrected chi connectivity index (χ4v) is 5.01. The number of halogens is 1. The molecule has 8 heteroatoms. The highest BCUT2D eigenvalue weighted by atomic mass is 127. The van der Waals surface area contributed by atoms with Gasteiger partial charge >= 0.3 is 0 Å². The van der Waals surface area contributed by atoms with Crippen LogP contribution in [0, 0.1) is 11.3 Å². The van der Waals surface area contributed by atoms with E-state index in [4.69, 9.17) is 14.3 Å². The van der Waals surface area contributed by atoms with Crippen molar-refractivity contribution in [3.05, 3.63) is 18.0 Å². The topological polar surface area (TPSA) is 66.1 Å². The monoisotopic (exact) mass is 503 g/mol. The predicted molar refractivity (Wildman–Crippen MR) is 120 cm³/mol. The van der Waals surface area contributed by atoms with Gasteiger partial charge in [-0.1, -0.05) is 19.0 Å². The summed E-state index contributed by atoms with van der Waals surface area (Å²) in [5.74, 6) is 1.69. The predicted octanol–water partition coefficient (Wildman–Crippen LogP) is 2.58. The second-order valence-electron chi connectivity index (χ2n) is 8.59. The van der Waals surface area contributed by atoms with E-state index in [1.54, 1.807) is 6.26 Å². The molecule has 158 valence electrons. The van der Waals surface area contributed by atoms with E-state index in [1.165, 1.54) is 12.8 Å². The molecule has 7 nitrogen and oxygen atoms in total. The number of nitrogens with zero attached hydrogens (tertiary/aromatic N) is 4. The molecule has 3 aliphatic rings. The van der Waals surface area contributed by atoms with Gasteiger partial charge in [0.2, 0.25) is 0 Å². The Balaban J connectivity index is 0.00000225. The largest absolute Gasteiger partial charge is 0.377 e. The molecule has 1 saturated carbocycles. The number of hydrogen-bond donors (Lipinski definition) is 1. The fourth-order valence-electron chi connectivity index (χ4n) is 5.01. The molecular weight excluding hydrogens is 469 g/mol. The smallest absolute Gasteiger partial charge is 0.194 e. The third kappa shape index (κ3) is 4.33. The highest BCUT2D eigenvalue weighted by Crippen LogP contribution is 2.51. The quantitative estimate of drug-likeness (QED) is 0.387. The van der Waals surface area contributed by atoms with E-state index in [9.17, 15) is 0 Å². The lowest BCUT2D eigenvalue weighted by molar-refractivity contribution is -0.188. The highest BCUT2D eigenvalue weighted by molar-refractivity contribution is 14.0. The first-order chi connectivity index (χ1) is 13.1. The lowest BCUT2D eigenvalue weighted by Gasteiger charge is -2.60. The summed E-state index contributed by atoms with van der Waals surface area (Å²) in [5, 5.41) is 7.85. The zero-order valence-corrected chi connectivity index (χ0v) is 19.6. The van der Waals surface area contributed by atoms with Gasteiger partial charge in [-0.15, -0.1) is 24.0 Å².